The third-order valence-electron chi connectivity index (χ3n) is 3.88. The summed E-state index contributed by atoms with van der Waals surface area (Å²) in [5.74, 6) is -0.910. The topological polar surface area (TPSA) is 49.8 Å². The van der Waals surface area contributed by atoms with Crippen molar-refractivity contribution < 1.29 is 14.6 Å². The smallest absolute Gasteiger partial charge is 0.306 e. The third-order valence-corrected chi connectivity index (χ3v) is 3.88. The van der Waals surface area contributed by atoms with Crippen LogP contribution >= 0.6 is 0 Å². The molecule has 1 N–H and O–H groups in total. The van der Waals surface area contributed by atoms with Crippen LogP contribution in [0.4, 0.5) is 0 Å². The molecular weight excluding hydrogens is 206 g/mol. The summed E-state index contributed by atoms with van der Waals surface area (Å²) in [4.78, 5) is 13.4. The van der Waals surface area contributed by atoms with Gasteiger partial charge in [-0.15, -0.1) is 0 Å². The van der Waals surface area contributed by atoms with Crippen molar-refractivity contribution in [3.8, 4) is 0 Å². The Morgan fingerprint density at radius 1 is 1.38 bits per heavy atom. The highest BCUT2D eigenvalue weighted by atomic mass is 16.5. The Bertz CT molecular complexity index is 263. The van der Waals surface area contributed by atoms with E-state index >= 15 is 0 Å². The zero-order valence-electron chi connectivity index (χ0n) is 9.95. The summed E-state index contributed by atoms with van der Waals surface area (Å²) in [5.41, 5.74) is -0.346. The maximum absolute atomic E-state index is 11.1. The second-order valence-electron chi connectivity index (χ2n) is 5.10. The summed E-state index contributed by atoms with van der Waals surface area (Å²) in [6, 6.07) is 0. The van der Waals surface area contributed by atoms with Crippen LogP contribution in [0.1, 0.15) is 39.0 Å². The summed E-state index contributed by atoms with van der Waals surface area (Å²) in [6.07, 6.45) is 4.98. The molecule has 4 nitrogen and oxygen atoms in total. The number of carboxylic acids is 1. The Morgan fingerprint density at radius 2 is 2.06 bits per heavy atom. The first-order valence-corrected chi connectivity index (χ1v) is 6.24. The average molecular weight is 227 g/mol. The minimum absolute atomic E-state index is 0.235. The number of hydrogen-bond donors (Lipinski definition) is 1. The Hall–Kier alpha value is -0.610. The summed E-state index contributed by atoms with van der Waals surface area (Å²) in [5, 5.41) is 9.09. The lowest BCUT2D eigenvalue weighted by atomic mass is 9.90. The number of nitrogens with zero attached hydrogens (tertiary/aromatic N) is 1. The van der Waals surface area contributed by atoms with Gasteiger partial charge >= 0.3 is 5.97 Å². The number of piperidine rings is 1. The van der Waals surface area contributed by atoms with E-state index in [1.54, 1.807) is 0 Å². The highest BCUT2D eigenvalue weighted by Crippen LogP contribution is 2.33. The van der Waals surface area contributed by atoms with Crippen LogP contribution in [-0.2, 0) is 9.53 Å². The molecule has 92 valence electrons. The first kappa shape index (κ1) is 11.9. The number of ether oxygens (including phenoxy) is 1. The van der Waals surface area contributed by atoms with E-state index in [1.807, 2.05) is 6.92 Å². The van der Waals surface area contributed by atoms with Gasteiger partial charge in [0.15, 0.2) is 0 Å². The maximum Gasteiger partial charge on any atom is 0.306 e. The molecule has 2 rings (SSSR count). The lowest BCUT2D eigenvalue weighted by molar-refractivity contribution is -0.193. The molecule has 4 heteroatoms. The van der Waals surface area contributed by atoms with E-state index in [9.17, 15) is 4.79 Å². The molecule has 0 aromatic carbocycles. The normalized spacial score (nSPS) is 37.2. The van der Waals surface area contributed by atoms with Crippen LogP contribution in [0.3, 0.4) is 0 Å². The highest BCUT2D eigenvalue weighted by Gasteiger charge is 2.41. The van der Waals surface area contributed by atoms with Gasteiger partial charge < -0.3 is 9.84 Å². The minimum Gasteiger partial charge on any atom is -0.481 e. The van der Waals surface area contributed by atoms with Crippen LogP contribution in [0.25, 0.3) is 0 Å². The van der Waals surface area contributed by atoms with Gasteiger partial charge in [0.05, 0.1) is 5.92 Å². The summed E-state index contributed by atoms with van der Waals surface area (Å²) in [7, 11) is 0. The summed E-state index contributed by atoms with van der Waals surface area (Å²) < 4.78 is 5.85. The van der Waals surface area contributed by atoms with E-state index < -0.39 is 5.97 Å². The Balaban J connectivity index is 2.02. The van der Waals surface area contributed by atoms with E-state index in [0.717, 1.165) is 13.1 Å². The minimum atomic E-state index is -0.675. The molecule has 0 aromatic heterocycles. The van der Waals surface area contributed by atoms with Crippen LogP contribution in [0, 0.1) is 5.92 Å². The number of carbonyl (C=O) groups is 1. The lowest BCUT2D eigenvalue weighted by Crippen LogP contribution is -2.54. The third kappa shape index (κ3) is 2.38. The van der Waals surface area contributed by atoms with E-state index in [4.69, 9.17) is 9.84 Å². The van der Waals surface area contributed by atoms with Crippen LogP contribution in [-0.4, -0.2) is 41.4 Å². The Morgan fingerprint density at radius 3 is 2.69 bits per heavy atom. The first-order chi connectivity index (χ1) is 7.62. The van der Waals surface area contributed by atoms with Crippen molar-refractivity contribution >= 4 is 5.97 Å². The SMILES string of the molecule is CC1(N2CCCCC2)CC(C(=O)O)CCO1. The van der Waals surface area contributed by atoms with Gasteiger partial charge in [-0.2, -0.15) is 0 Å². The van der Waals surface area contributed by atoms with E-state index in [1.165, 1.54) is 19.3 Å². The largest absolute Gasteiger partial charge is 0.481 e. The molecule has 0 amide bonds. The van der Waals surface area contributed by atoms with Crippen molar-refractivity contribution in [1.29, 1.82) is 0 Å². The second-order valence-corrected chi connectivity index (χ2v) is 5.10. The van der Waals surface area contributed by atoms with Gasteiger partial charge in [0, 0.05) is 26.1 Å². The fourth-order valence-electron chi connectivity index (χ4n) is 2.84. The monoisotopic (exact) mass is 227 g/mol. The van der Waals surface area contributed by atoms with Gasteiger partial charge in [0.1, 0.15) is 5.72 Å². The van der Waals surface area contributed by atoms with Crippen molar-refractivity contribution in [1.82, 2.24) is 4.90 Å². The molecule has 0 saturated carbocycles. The molecule has 0 aliphatic carbocycles. The van der Waals surface area contributed by atoms with Crippen molar-refractivity contribution in [2.75, 3.05) is 19.7 Å². The first-order valence-electron chi connectivity index (χ1n) is 6.24. The molecule has 0 aromatic rings. The molecule has 2 atom stereocenters. The highest BCUT2D eigenvalue weighted by molar-refractivity contribution is 5.70. The average Bonchev–Trinajstić information content (AvgIpc) is 2.30. The molecule has 16 heavy (non-hydrogen) atoms. The van der Waals surface area contributed by atoms with Crippen molar-refractivity contribution in [3.63, 3.8) is 0 Å². The van der Waals surface area contributed by atoms with Gasteiger partial charge in [-0.05, 0) is 26.2 Å². The quantitative estimate of drug-likeness (QED) is 0.780. The predicted octanol–water partition coefficient (Wildman–Crippen LogP) is 1.70. The summed E-state index contributed by atoms with van der Waals surface area (Å²) >= 11 is 0. The fourth-order valence-corrected chi connectivity index (χ4v) is 2.84. The van der Waals surface area contributed by atoms with Crippen molar-refractivity contribution in [2.24, 2.45) is 5.92 Å². The van der Waals surface area contributed by atoms with Crippen LogP contribution in [0.2, 0.25) is 0 Å². The predicted molar refractivity (Wildman–Crippen MR) is 60.1 cm³/mol. The fraction of sp³-hybridized carbons (Fsp3) is 0.917. The molecule has 2 saturated heterocycles. The van der Waals surface area contributed by atoms with Gasteiger partial charge in [-0.25, -0.2) is 0 Å². The number of likely N-dealkylation sites (tertiary alicyclic amines) is 1. The Labute approximate surface area is 96.6 Å². The van der Waals surface area contributed by atoms with Crippen molar-refractivity contribution in [3.05, 3.63) is 0 Å². The molecule has 2 unspecified atom stereocenters. The number of rotatable bonds is 2. The van der Waals surface area contributed by atoms with Gasteiger partial charge in [-0.3, -0.25) is 9.69 Å². The van der Waals surface area contributed by atoms with Crippen LogP contribution in [0.15, 0.2) is 0 Å². The van der Waals surface area contributed by atoms with Gasteiger partial charge in [-0.1, -0.05) is 6.42 Å². The zero-order chi connectivity index (χ0) is 11.6. The molecule has 0 bridgehead atoms. The van der Waals surface area contributed by atoms with E-state index in [0.29, 0.717) is 19.4 Å². The molecule has 0 radical (unpaired) electrons. The standard InChI is InChI=1S/C12H21NO3/c1-12(13-6-3-2-4-7-13)9-10(11(14)15)5-8-16-12/h10H,2-9H2,1H3,(H,14,15). The van der Waals surface area contributed by atoms with Gasteiger partial charge in [0.25, 0.3) is 0 Å². The van der Waals surface area contributed by atoms with Crippen LogP contribution in [0.5, 0.6) is 0 Å². The number of carboxylic acid groups (broad SMARTS) is 1. The number of hydrogen-bond acceptors (Lipinski definition) is 3. The van der Waals surface area contributed by atoms with E-state index in [-0.39, 0.29) is 11.6 Å². The molecule has 2 aliphatic rings. The molecule has 0 spiro atoms. The Kier molecular flexibility index (Phi) is 3.50. The van der Waals surface area contributed by atoms with Gasteiger partial charge in [0.2, 0.25) is 0 Å². The molecule has 2 aliphatic heterocycles. The zero-order valence-corrected chi connectivity index (χ0v) is 9.95. The molecule has 2 heterocycles. The van der Waals surface area contributed by atoms with Crippen molar-refractivity contribution in [2.45, 2.75) is 44.8 Å². The second kappa shape index (κ2) is 4.72. The lowest BCUT2D eigenvalue weighted by Gasteiger charge is -2.46. The molecule has 2 fully saturated rings. The van der Waals surface area contributed by atoms with E-state index in [2.05, 4.69) is 4.90 Å². The summed E-state index contributed by atoms with van der Waals surface area (Å²) in [6.45, 7) is 4.71. The van der Waals surface area contributed by atoms with Crippen LogP contribution < -0.4 is 0 Å². The maximum atomic E-state index is 11.1. The number of aliphatic carboxylic acids is 1. The molecular formula is C12H21NO3.